The number of hydrogen-bond donors (Lipinski definition) is 1. The molecule has 1 aromatic carbocycles. The highest BCUT2D eigenvalue weighted by molar-refractivity contribution is 5.26. The second-order valence-electron chi connectivity index (χ2n) is 5.18. The van der Waals surface area contributed by atoms with Crippen LogP contribution < -0.4 is 4.74 Å². The average Bonchev–Trinajstić information content (AvgIpc) is 2.60. The molecule has 0 aliphatic carbocycles. The van der Waals surface area contributed by atoms with Crippen molar-refractivity contribution >= 4 is 0 Å². The minimum atomic E-state index is -0.884. The number of nitrogens with zero attached hydrogens (tertiary/aromatic N) is 3. The van der Waals surface area contributed by atoms with Gasteiger partial charge < -0.3 is 24.1 Å². The van der Waals surface area contributed by atoms with Crippen molar-refractivity contribution in [1.82, 2.24) is 0 Å². The Hall–Kier alpha value is -1.83. The summed E-state index contributed by atoms with van der Waals surface area (Å²) in [7, 11) is 3.13. The van der Waals surface area contributed by atoms with Crippen molar-refractivity contribution in [3.63, 3.8) is 0 Å². The van der Waals surface area contributed by atoms with Crippen LogP contribution in [-0.4, -0.2) is 50.5 Å². The molecule has 1 aliphatic rings. The van der Waals surface area contributed by atoms with Crippen LogP contribution in [0.1, 0.15) is 12.0 Å². The summed E-state index contributed by atoms with van der Waals surface area (Å²) in [5.74, 6) is 0.772. The third-order valence-electron chi connectivity index (χ3n) is 3.72. The van der Waals surface area contributed by atoms with Crippen LogP contribution in [0, 0.1) is 0 Å². The molecule has 0 saturated carbocycles. The van der Waals surface area contributed by atoms with Gasteiger partial charge in [-0.15, -0.1) is 0 Å². The summed E-state index contributed by atoms with van der Waals surface area (Å²) in [4.78, 5) is 2.69. The molecule has 1 fully saturated rings. The summed E-state index contributed by atoms with van der Waals surface area (Å²) in [6.45, 7) is 0.371. The standard InChI is InChI=1S/C15H21N3O5/c1-20-11-5-3-10(4-6-11)9-22-12-7-14(21-2)23-13(15(12)19)8-17-18-16/h3-6,12-15,19H,7-9H2,1-2H3/t12-,13-,14+,15-/m1/s1. The van der Waals surface area contributed by atoms with Crippen molar-refractivity contribution < 1.29 is 24.1 Å². The van der Waals surface area contributed by atoms with Crippen LogP contribution in [-0.2, 0) is 20.8 Å². The lowest BCUT2D eigenvalue weighted by atomic mass is 10.0. The average molecular weight is 323 g/mol. The first-order valence-corrected chi connectivity index (χ1v) is 7.29. The van der Waals surface area contributed by atoms with E-state index in [1.54, 1.807) is 7.11 Å². The van der Waals surface area contributed by atoms with Gasteiger partial charge in [-0.2, -0.15) is 0 Å². The van der Waals surface area contributed by atoms with Gasteiger partial charge in [-0.1, -0.05) is 17.2 Å². The fraction of sp³-hybridized carbons (Fsp3) is 0.600. The predicted molar refractivity (Wildman–Crippen MR) is 81.9 cm³/mol. The SMILES string of the molecule is COc1ccc(CO[C@@H]2C[C@@H](OC)O[C@H](CN=[N+]=[N-])[C@@H]2O)cc1. The first kappa shape index (κ1) is 17.5. The molecule has 8 heteroatoms. The Morgan fingerprint density at radius 1 is 1.35 bits per heavy atom. The fourth-order valence-electron chi connectivity index (χ4n) is 2.41. The number of ether oxygens (including phenoxy) is 4. The quantitative estimate of drug-likeness (QED) is 0.469. The maximum Gasteiger partial charge on any atom is 0.160 e. The zero-order valence-electron chi connectivity index (χ0n) is 13.2. The number of rotatable bonds is 7. The van der Waals surface area contributed by atoms with E-state index in [4.69, 9.17) is 24.5 Å². The molecule has 8 nitrogen and oxygen atoms in total. The molecule has 1 aromatic rings. The van der Waals surface area contributed by atoms with Gasteiger partial charge in [0.05, 0.1) is 32.5 Å². The zero-order chi connectivity index (χ0) is 16.7. The first-order valence-electron chi connectivity index (χ1n) is 7.29. The van der Waals surface area contributed by atoms with Crippen LogP contribution in [0.3, 0.4) is 0 Å². The van der Waals surface area contributed by atoms with E-state index < -0.39 is 24.6 Å². The van der Waals surface area contributed by atoms with E-state index in [0.29, 0.717) is 13.0 Å². The van der Waals surface area contributed by atoms with Gasteiger partial charge in [0, 0.05) is 18.4 Å². The maximum absolute atomic E-state index is 10.3. The molecule has 2 rings (SSSR count). The van der Waals surface area contributed by atoms with E-state index in [1.807, 2.05) is 24.3 Å². The minimum Gasteiger partial charge on any atom is -0.497 e. The van der Waals surface area contributed by atoms with Gasteiger partial charge in [0.2, 0.25) is 0 Å². The maximum atomic E-state index is 10.3. The van der Waals surface area contributed by atoms with Gasteiger partial charge in [0.15, 0.2) is 6.29 Å². The lowest BCUT2D eigenvalue weighted by Crippen LogP contribution is -2.51. The number of aliphatic hydroxyl groups excluding tert-OH is 1. The fourth-order valence-corrected chi connectivity index (χ4v) is 2.41. The Balaban J connectivity index is 1.96. The van der Waals surface area contributed by atoms with Crippen LogP contribution in [0.15, 0.2) is 29.4 Å². The van der Waals surface area contributed by atoms with Gasteiger partial charge in [-0.3, -0.25) is 0 Å². The molecular weight excluding hydrogens is 302 g/mol. The topological polar surface area (TPSA) is 106 Å². The molecular formula is C15H21N3O5. The van der Waals surface area contributed by atoms with Crippen molar-refractivity contribution in [1.29, 1.82) is 0 Å². The lowest BCUT2D eigenvalue weighted by Gasteiger charge is -2.38. The normalized spacial score (nSPS) is 27.3. The molecule has 23 heavy (non-hydrogen) atoms. The van der Waals surface area contributed by atoms with Gasteiger partial charge in [-0.25, -0.2) is 0 Å². The number of azide groups is 1. The Kier molecular flexibility index (Phi) is 6.64. The van der Waals surface area contributed by atoms with E-state index in [0.717, 1.165) is 11.3 Å². The summed E-state index contributed by atoms with van der Waals surface area (Å²) in [6, 6.07) is 7.49. The third kappa shape index (κ3) is 4.82. The predicted octanol–water partition coefficient (Wildman–Crippen LogP) is 2.01. The largest absolute Gasteiger partial charge is 0.497 e. The van der Waals surface area contributed by atoms with Crippen molar-refractivity contribution in [2.45, 2.75) is 37.6 Å². The second-order valence-corrected chi connectivity index (χ2v) is 5.18. The van der Waals surface area contributed by atoms with Crippen LogP contribution in [0.4, 0.5) is 0 Å². The highest BCUT2D eigenvalue weighted by Gasteiger charge is 2.38. The van der Waals surface area contributed by atoms with Gasteiger partial charge in [0.1, 0.15) is 11.9 Å². The molecule has 0 unspecified atom stereocenters. The Labute approximate surface area is 134 Å². The minimum absolute atomic E-state index is 0.0277. The van der Waals surface area contributed by atoms with E-state index in [1.165, 1.54) is 7.11 Å². The second kappa shape index (κ2) is 8.71. The first-order chi connectivity index (χ1) is 11.2. The molecule has 1 heterocycles. The monoisotopic (exact) mass is 323 g/mol. The van der Waals surface area contributed by atoms with Crippen LogP contribution in [0.25, 0.3) is 10.4 Å². The molecule has 0 bridgehead atoms. The van der Waals surface area contributed by atoms with Gasteiger partial charge in [-0.05, 0) is 23.2 Å². The number of methoxy groups -OCH3 is 2. The van der Waals surface area contributed by atoms with E-state index in [9.17, 15) is 5.11 Å². The van der Waals surface area contributed by atoms with Crippen molar-refractivity contribution in [2.24, 2.45) is 5.11 Å². The Morgan fingerprint density at radius 3 is 2.70 bits per heavy atom. The Morgan fingerprint density at radius 2 is 2.09 bits per heavy atom. The number of aliphatic hydroxyl groups is 1. The zero-order valence-corrected chi connectivity index (χ0v) is 13.2. The highest BCUT2D eigenvalue weighted by atomic mass is 16.7. The summed E-state index contributed by atoms with van der Waals surface area (Å²) >= 11 is 0. The summed E-state index contributed by atoms with van der Waals surface area (Å²) in [5, 5.41) is 13.8. The van der Waals surface area contributed by atoms with Crippen molar-refractivity contribution in [2.75, 3.05) is 20.8 Å². The molecule has 1 aliphatic heterocycles. The molecule has 0 amide bonds. The van der Waals surface area contributed by atoms with Crippen LogP contribution >= 0.6 is 0 Å². The molecule has 0 radical (unpaired) electrons. The number of benzene rings is 1. The van der Waals surface area contributed by atoms with Crippen molar-refractivity contribution in [3.05, 3.63) is 40.3 Å². The molecule has 126 valence electrons. The summed E-state index contributed by atoms with van der Waals surface area (Å²) in [5.41, 5.74) is 9.38. The lowest BCUT2D eigenvalue weighted by molar-refractivity contribution is -0.249. The summed E-state index contributed by atoms with van der Waals surface area (Å²) < 4.78 is 21.6. The van der Waals surface area contributed by atoms with Crippen LogP contribution in [0.2, 0.25) is 0 Å². The van der Waals surface area contributed by atoms with Crippen LogP contribution in [0.5, 0.6) is 5.75 Å². The van der Waals surface area contributed by atoms with Crippen molar-refractivity contribution in [3.8, 4) is 5.75 Å². The van der Waals surface area contributed by atoms with E-state index in [-0.39, 0.29) is 6.54 Å². The molecule has 1 saturated heterocycles. The van der Waals surface area contributed by atoms with E-state index in [2.05, 4.69) is 10.0 Å². The molecule has 4 atom stereocenters. The van der Waals surface area contributed by atoms with E-state index >= 15 is 0 Å². The molecule has 0 aromatic heterocycles. The smallest absolute Gasteiger partial charge is 0.160 e. The highest BCUT2D eigenvalue weighted by Crippen LogP contribution is 2.25. The summed E-state index contributed by atoms with van der Waals surface area (Å²) in [6.07, 6.45) is -2.09. The molecule has 1 N–H and O–H groups in total. The molecule has 0 spiro atoms. The third-order valence-corrected chi connectivity index (χ3v) is 3.72. The van der Waals surface area contributed by atoms with Gasteiger partial charge >= 0.3 is 0 Å². The Bertz CT molecular complexity index is 532. The van der Waals surface area contributed by atoms with Gasteiger partial charge in [0.25, 0.3) is 0 Å². The number of hydrogen-bond acceptors (Lipinski definition) is 6.